The van der Waals surface area contributed by atoms with E-state index in [1.807, 2.05) is 24.3 Å². The number of hydrogen-bond donors (Lipinski definition) is 3. The molecule has 0 radical (unpaired) electrons. The molecule has 0 aliphatic carbocycles. The zero-order valence-corrected chi connectivity index (χ0v) is 22.1. The maximum absolute atomic E-state index is 13.5. The summed E-state index contributed by atoms with van der Waals surface area (Å²) in [6.07, 6.45) is 2.41. The Morgan fingerprint density at radius 2 is 1.89 bits per heavy atom. The molecule has 1 atom stereocenters. The number of hydrogen-bond acceptors (Lipinski definition) is 7. The van der Waals surface area contributed by atoms with Crippen molar-refractivity contribution < 1.29 is 18.7 Å². The molecule has 2 aromatic carbocycles. The summed E-state index contributed by atoms with van der Waals surface area (Å²) >= 11 is 1.19. The van der Waals surface area contributed by atoms with Crippen LogP contribution >= 0.6 is 11.8 Å². The smallest absolute Gasteiger partial charge is 0.254 e. The molecule has 194 valence electrons. The highest BCUT2D eigenvalue weighted by Crippen LogP contribution is 2.41. The monoisotopic (exact) mass is 528 g/mol. The number of nitrogens with one attached hydrogen (secondary N) is 3. The van der Waals surface area contributed by atoms with Gasteiger partial charge in [0, 0.05) is 23.1 Å². The number of ether oxygens (including phenoxy) is 1. The van der Waals surface area contributed by atoms with Gasteiger partial charge in [-0.2, -0.15) is 5.26 Å². The van der Waals surface area contributed by atoms with Gasteiger partial charge in [-0.3, -0.25) is 9.59 Å². The van der Waals surface area contributed by atoms with Gasteiger partial charge in [-0.25, -0.2) is 0 Å². The minimum absolute atomic E-state index is 0.0498. The molecule has 0 saturated carbocycles. The lowest BCUT2D eigenvalue weighted by atomic mass is 9.85. The Morgan fingerprint density at radius 1 is 1.11 bits per heavy atom. The normalized spacial score (nSPS) is 14.9. The lowest BCUT2D eigenvalue weighted by Gasteiger charge is -2.28. The van der Waals surface area contributed by atoms with Crippen LogP contribution in [-0.2, 0) is 16.0 Å². The fourth-order valence-electron chi connectivity index (χ4n) is 4.13. The van der Waals surface area contributed by atoms with Crippen LogP contribution in [0.3, 0.4) is 0 Å². The molecule has 2 heterocycles. The topological polar surface area (TPSA) is 116 Å². The first-order valence-corrected chi connectivity index (χ1v) is 13.0. The predicted molar refractivity (Wildman–Crippen MR) is 148 cm³/mol. The highest BCUT2D eigenvalue weighted by Gasteiger charge is 2.36. The molecule has 38 heavy (non-hydrogen) atoms. The SMILES string of the molecule is CCc1ccc(NC(=O)C2=C(C)NC(SCC(=O)Nc3cccc(OC)c3)=C(C#N)[C@H]2c2ccco2)cc1. The number of allylic oxidation sites excluding steroid dienone is 2. The number of amides is 2. The number of nitriles is 1. The van der Waals surface area contributed by atoms with Crippen LogP contribution in [0.4, 0.5) is 11.4 Å². The van der Waals surface area contributed by atoms with Gasteiger partial charge in [-0.15, -0.1) is 0 Å². The molecule has 0 spiro atoms. The summed E-state index contributed by atoms with van der Waals surface area (Å²) in [5, 5.41) is 19.6. The number of thioether (sulfide) groups is 1. The first kappa shape index (κ1) is 26.6. The first-order valence-electron chi connectivity index (χ1n) is 12.1. The van der Waals surface area contributed by atoms with E-state index in [0.717, 1.165) is 12.0 Å². The Bertz CT molecular complexity index is 1420. The Morgan fingerprint density at radius 3 is 2.55 bits per heavy atom. The van der Waals surface area contributed by atoms with Gasteiger partial charge in [0.05, 0.1) is 47.3 Å². The third kappa shape index (κ3) is 6.10. The van der Waals surface area contributed by atoms with Crippen molar-refractivity contribution in [2.24, 2.45) is 0 Å². The number of carbonyl (C=O) groups is 2. The van der Waals surface area contributed by atoms with Gasteiger partial charge in [-0.1, -0.05) is 36.9 Å². The lowest BCUT2D eigenvalue weighted by molar-refractivity contribution is -0.114. The maximum Gasteiger partial charge on any atom is 0.254 e. The Hall–Kier alpha value is -4.42. The lowest BCUT2D eigenvalue weighted by Crippen LogP contribution is -2.31. The number of nitrogens with zero attached hydrogens (tertiary/aromatic N) is 1. The third-order valence-corrected chi connectivity index (χ3v) is 7.06. The van der Waals surface area contributed by atoms with Crippen molar-refractivity contribution in [1.29, 1.82) is 5.26 Å². The van der Waals surface area contributed by atoms with Gasteiger partial charge in [0.15, 0.2) is 0 Å². The summed E-state index contributed by atoms with van der Waals surface area (Å²) in [5.41, 5.74) is 3.68. The Balaban J connectivity index is 1.55. The molecule has 3 N–H and O–H groups in total. The molecular weight excluding hydrogens is 500 g/mol. The maximum atomic E-state index is 13.5. The molecule has 1 aromatic heterocycles. The summed E-state index contributed by atoms with van der Waals surface area (Å²) in [5.74, 6) is -0.164. The van der Waals surface area contributed by atoms with E-state index in [9.17, 15) is 14.9 Å². The van der Waals surface area contributed by atoms with Crippen LogP contribution in [0.15, 0.2) is 93.2 Å². The van der Waals surface area contributed by atoms with Gasteiger partial charge in [-0.05, 0) is 55.3 Å². The van der Waals surface area contributed by atoms with E-state index in [2.05, 4.69) is 28.9 Å². The third-order valence-electron chi connectivity index (χ3n) is 6.04. The molecular formula is C29H28N4O4S. The number of methoxy groups -OCH3 is 1. The molecule has 8 nitrogen and oxygen atoms in total. The number of carbonyl (C=O) groups excluding carboxylic acids is 2. The van der Waals surface area contributed by atoms with Crippen LogP contribution in [0, 0.1) is 11.3 Å². The molecule has 0 fully saturated rings. The average molecular weight is 529 g/mol. The molecule has 3 aromatic rings. The van der Waals surface area contributed by atoms with Crippen molar-refractivity contribution in [3.63, 3.8) is 0 Å². The van der Waals surface area contributed by atoms with Gasteiger partial charge >= 0.3 is 0 Å². The number of anilines is 2. The van der Waals surface area contributed by atoms with E-state index < -0.39 is 5.92 Å². The van der Waals surface area contributed by atoms with E-state index in [1.54, 1.807) is 50.4 Å². The molecule has 1 aliphatic rings. The van der Waals surface area contributed by atoms with Crippen molar-refractivity contribution in [2.45, 2.75) is 26.2 Å². The zero-order valence-electron chi connectivity index (χ0n) is 21.3. The van der Waals surface area contributed by atoms with Crippen LogP contribution in [-0.4, -0.2) is 24.7 Å². The van der Waals surface area contributed by atoms with E-state index in [1.165, 1.54) is 18.0 Å². The van der Waals surface area contributed by atoms with E-state index in [0.29, 0.717) is 44.8 Å². The summed E-state index contributed by atoms with van der Waals surface area (Å²) in [7, 11) is 1.56. The molecule has 0 bridgehead atoms. The van der Waals surface area contributed by atoms with Crippen molar-refractivity contribution >= 4 is 35.0 Å². The van der Waals surface area contributed by atoms with Crippen LogP contribution in [0.1, 0.15) is 31.1 Å². The minimum Gasteiger partial charge on any atom is -0.497 e. The second-order valence-corrected chi connectivity index (χ2v) is 9.53. The quantitative estimate of drug-likeness (QED) is 0.333. The Labute approximate surface area is 225 Å². The summed E-state index contributed by atoms with van der Waals surface area (Å²) in [6, 6.07) is 20.4. The van der Waals surface area contributed by atoms with Gasteiger partial charge in [0.2, 0.25) is 5.91 Å². The molecule has 4 rings (SSSR count). The van der Waals surface area contributed by atoms with E-state index >= 15 is 0 Å². The Kier molecular flexibility index (Phi) is 8.56. The fourth-order valence-corrected chi connectivity index (χ4v) is 5.02. The van der Waals surface area contributed by atoms with Gasteiger partial charge in [0.25, 0.3) is 5.91 Å². The number of benzene rings is 2. The van der Waals surface area contributed by atoms with Crippen LogP contribution in [0.2, 0.25) is 0 Å². The number of furan rings is 1. The van der Waals surface area contributed by atoms with Gasteiger partial charge in [0.1, 0.15) is 11.5 Å². The van der Waals surface area contributed by atoms with Crippen LogP contribution in [0.25, 0.3) is 0 Å². The average Bonchev–Trinajstić information content (AvgIpc) is 3.46. The highest BCUT2D eigenvalue weighted by molar-refractivity contribution is 8.03. The standard InChI is InChI=1S/C29H28N4O4S/c1-4-19-10-12-20(13-11-19)33-28(35)26-18(2)31-29(23(16-30)27(26)24-9-6-14-37-24)38-17-25(34)32-21-7-5-8-22(15-21)36-3/h5-15,27,31H,4,17H2,1-3H3,(H,32,34)(H,33,35)/t27-/m0/s1. The predicted octanol–water partition coefficient (Wildman–Crippen LogP) is 5.56. The zero-order chi connectivity index (χ0) is 27.1. The summed E-state index contributed by atoms with van der Waals surface area (Å²) in [6.45, 7) is 3.84. The van der Waals surface area contributed by atoms with E-state index in [4.69, 9.17) is 9.15 Å². The van der Waals surface area contributed by atoms with Crippen molar-refractivity contribution in [3.05, 3.63) is 100 Å². The van der Waals surface area contributed by atoms with Gasteiger partial charge < -0.3 is 25.1 Å². The molecule has 9 heteroatoms. The highest BCUT2D eigenvalue weighted by atomic mass is 32.2. The first-order chi connectivity index (χ1) is 18.4. The fraction of sp³-hybridized carbons (Fsp3) is 0.207. The summed E-state index contributed by atoms with van der Waals surface area (Å²) in [4.78, 5) is 26.1. The number of aryl methyl sites for hydroxylation is 1. The van der Waals surface area contributed by atoms with Crippen molar-refractivity contribution in [3.8, 4) is 11.8 Å². The van der Waals surface area contributed by atoms with Crippen molar-refractivity contribution in [2.75, 3.05) is 23.5 Å². The molecule has 2 amide bonds. The summed E-state index contributed by atoms with van der Waals surface area (Å²) < 4.78 is 10.9. The van der Waals surface area contributed by atoms with Crippen LogP contribution < -0.4 is 20.7 Å². The van der Waals surface area contributed by atoms with Crippen LogP contribution in [0.5, 0.6) is 5.75 Å². The second kappa shape index (κ2) is 12.2. The minimum atomic E-state index is -0.727. The molecule has 0 unspecified atom stereocenters. The largest absolute Gasteiger partial charge is 0.497 e. The number of rotatable bonds is 9. The van der Waals surface area contributed by atoms with E-state index in [-0.39, 0.29) is 17.6 Å². The molecule has 0 saturated heterocycles. The second-order valence-electron chi connectivity index (χ2n) is 8.54. The number of dihydropyridines is 1. The molecule has 1 aliphatic heterocycles. The van der Waals surface area contributed by atoms with Crippen molar-refractivity contribution in [1.82, 2.24) is 5.32 Å².